The van der Waals surface area contributed by atoms with E-state index < -0.39 is 9.84 Å². The molecule has 0 aliphatic heterocycles. The smallest absolute Gasteiger partial charge is 0.179 e. The number of benzene rings is 1. The number of nitrogens with zero attached hydrogens (tertiary/aromatic N) is 2. The van der Waals surface area contributed by atoms with Crippen molar-refractivity contribution in [3.8, 4) is 6.07 Å². The molecule has 0 unspecified atom stereocenters. The summed E-state index contributed by atoms with van der Waals surface area (Å²) in [7, 11) is -3.39. The van der Waals surface area contributed by atoms with Crippen LogP contribution >= 0.6 is 0 Å². The highest BCUT2D eigenvalue weighted by Crippen LogP contribution is 2.13. The summed E-state index contributed by atoms with van der Waals surface area (Å²) in [5.74, 6) is -0.0181. The molecule has 0 saturated heterocycles. The predicted octanol–water partition coefficient (Wildman–Crippen LogP) is 0.646. The van der Waals surface area contributed by atoms with Crippen LogP contribution in [0.25, 0.3) is 0 Å². The second kappa shape index (κ2) is 7.24. The lowest BCUT2D eigenvalue weighted by molar-refractivity contribution is 0.209. The van der Waals surface area contributed by atoms with Gasteiger partial charge in [0, 0.05) is 13.1 Å². The van der Waals surface area contributed by atoms with Gasteiger partial charge in [0.15, 0.2) is 9.84 Å². The van der Waals surface area contributed by atoms with Gasteiger partial charge < -0.3 is 10.0 Å². The molecule has 0 radical (unpaired) electrons. The summed E-state index contributed by atoms with van der Waals surface area (Å²) >= 11 is 0. The minimum absolute atomic E-state index is 0.0117. The molecule has 6 heteroatoms. The maximum absolute atomic E-state index is 12.1. The Bertz CT molecular complexity index is 549. The van der Waals surface area contributed by atoms with Crippen LogP contribution in [-0.2, 0) is 9.84 Å². The van der Waals surface area contributed by atoms with E-state index in [1.54, 1.807) is 12.1 Å². The lowest BCUT2D eigenvalue weighted by Crippen LogP contribution is -2.31. The van der Waals surface area contributed by atoms with Gasteiger partial charge in [0.2, 0.25) is 0 Å². The molecule has 0 aromatic heterocycles. The number of hydrogen-bond donors (Lipinski definition) is 1. The summed E-state index contributed by atoms with van der Waals surface area (Å²) in [4.78, 5) is 2.04. The van der Waals surface area contributed by atoms with Crippen LogP contribution < -0.4 is 0 Å². The third-order valence-electron chi connectivity index (χ3n) is 2.86. The van der Waals surface area contributed by atoms with Crippen molar-refractivity contribution in [1.29, 1.82) is 5.26 Å². The largest absolute Gasteiger partial charge is 0.395 e. The Hall–Kier alpha value is -1.42. The third-order valence-corrected chi connectivity index (χ3v) is 4.55. The fraction of sp³-hybridized carbons (Fsp3) is 0.462. The van der Waals surface area contributed by atoms with E-state index in [0.717, 1.165) is 0 Å². The topological polar surface area (TPSA) is 81.4 Å². The number of aliphatic hydroxyl groups excluding tert-OH is 1. The monoisotopic (exact) mass is 282 g/mol. The maximum atomic E-state index is 12.1. The van der Waals surface area contributed by atoms with E-state index in [-0.39, 0.29) is 17.3 Å². The molecule has 0 spiro atoms. The molecule has 19 heavy (non-hydrogen) atoms. The molecule has 1 N–H and O–H groups in total. The molecule has 0 saturated carbocycles. The zero-order chi connectivity index (χ0) is 14.3. The fourth-order valence-electron chi connectivity index (χ4n) is 1.70. The average molecular weight is 282 g/mol. The van der Waals surface area contributed by atoms with Crippen LogP contribution in [0.1, 0.15) is 12.5 Å². The van der Waals surface area contributed by atoms with Crippen LogP contribution in [-0.4, -0.2) is 50.4 Å². The lowest BCUT2D eigenvalue weighted by atomic mass is 10.2. The molecule has 0 fully saturated rings. The Labute approximate surface area is 114 Å². The first-order chi connectivity index (χ1) is 9.03. The van der Waals surface area contributed by atoms with Gasteiger partial charge in [0.1, 0.15) is 0 Å². The van der Waals surface area contributed by atoms with Crippen molar-refractivity contribution in [2.75, 3.05) is 32.0 Å². The summed E-state index contributed by atoms with van der Waals surface area (Å²) in [5, 5.41) is 17.6. The second-order valence-electron chi connectivity index (χ2n) is 4.12. The molecule has 5 nitrogen and oxygen atoms in total. The van der Waals surface area contributed by atoms with Gasteiger partial charge in [-0.1, -0.05) is 13.0 Å². The van der Waals surface area contributed by atoms with Crippen molar-refractivity contribution in [2.24, 2.45) is 0 Å². The predicted molar refractivity (Wildman–Crippen MR) is 72.4 cm³/mol. The van der Waals surface area contributed by atoms with Crippen molar-refractivity contribution in [3.63, 3.8) is 0 Å². The summed E-state index contributed by atoms with van der Waals surface area (Å²) < 4.78 is 24.3. The van der Waals surface area contributed by atoms with E-state index in [2.05, 4.69) is 0 Å². The maximum Gasteiger partial charge on any atom is 0.179 e. The quantitative estimate of drug-likeness (QED) is 0.794. The molecular weight excluding hydrogens is 264 g/mol. The first-order valence-corrected chi connectivity index (χ1v) is 7.75. The van der Waals surface area contributed by atoms with E-state index in [0.29, 0.717) is 25.2 Å². The van der Waals surface area contributed by atoms with Crippen molar-refractivity contribution in [2.45, 2.75) is 11.8 Å². The third kappa shape index (κ3) is 4.63. The van der Waals surface area contributed by atoms with Crippen LogP contribution in [0.5, 0.6) is 0 Å². The molecule has 1 rings (SSSR count). The first kappa shape index (κ1) is 15.6. The number of likely N-dealkylation sites (N-methyl/N-ethyl adjacent to an activating group) is 1. The number of rotatable bonds is 7. The van der Waals surface area contributed by atoms with Crippen molar-refractivity contribution in [1.82, 2.24) is 4.90 Å². The molecule has 0 aliphatic carbocycles. The van der Waals surface area contributed by atoms with Gasteiger partial charge in [-0.05, 0) is 24.7 Å². The molecule has 0 bridgehead atoms. The van der Waals surface area contributed by atoms with E-state index in [9.17, 15) is 8.42 Å². The van der Waals surface area contributed by atoms with Crippen LogP contribution in [0.3, 0.4) is 0 Å². The fourth-order valence-corrected chi connectivity index (χ4v) is 3.02. The number of nitriles is 1. The molecule has 1 aromatic rings. The molecule has 0 atom stereocenters. The number of hydrogen-bond acceptors (Lipinski definition) is 5. The average Bonchev–Trinajstić information content (AvgIpc) is 2.43. The number of sulfone groups is 1. The molecule has 0 heterocycles. The molecular formula is C13H18N2O3S. The van der Waals surface area contributed by atoms with Crippen molar-refractivity contribution in [3.05, 3.63) is 29.8 Å². The van der Waals surface area contributed by atoms with Gasteiger partial charge in [0.05, 0.1) is 28.9 Å². The van der Waals surface area contributed by atoms with Gasteiger partial charge in [0.25, 0.3) is 0 Å². The Morgan fingerprint density at radius 2 is 2.11 bits per heavy atom. The SMILES string of the molecule is CCN(CCO)CCS(=O)(=O)c1cccc(C#N)c1. The van der Waals surface area contributed by atoms with Gasteiger partial charge in [-0.25, -0.2) is 8.42 Å². The van der Waals surface area contributed by atoms with Crippen LogP contribution in [0.15, 0.2) is 29.2 Å². The van der Waals surface area contributed by atoms with Crippen LogP contribution in [0.4, 0.5) is 0 Å². The zero-order valence-electron chi connectivity index (χ0n) is 10.9. The van der Waals surface area contributed by atoms with Crippen molar-refractivity contribution >= 4 is 9.84 Å². The highest BCUT2D eigenvalue weighted by Gasteiger charge is 2.16. The summed E-state index contributed by atoms with van der Waals surface area (Å²) in [5.41, 5.74) is 0.337. The van der Waals surface area contributed by atoms with Crippen LogP contribution in [0, 0.1) is 11.3 Å². The summed E-state index contributed by atoms with van der Waals surface area (Å²) in [6.07, 6.45) is 0. The molecule has 1 aromatic carbocycles. The van der Waals surface area contributed by atoms with Gasteiger partial charge in [-0.2, -0.15) is 5.26 Å². The lowest BCUT2D eigenvalue weighted by Gasteiger charge is -2.18. The summed E-state index contributed by atoms with van der Waals surface area (Å²) in [6, 6.07) is 7.95. The Balaban J connectivity index is 2.78. The van der Waals surface area contributed by atoms with Gasteiger partial charge >= 0.3 is 0 Å². The van der Waals surface area contributed by atoms with Gasteiger partial charge in [-0.3, -0.25) is 0 Å². The second-order valence-corrected chi connectivity index (χ2v) is 6.23. The highest BCUT2D eigenvalue weighted by molar-refractivity contribution is 7.91. The minimum atomic E-state index is -3.39. The highest BCUT2D eigenvalue weighted by atomic mass is 32.2. The molecule has 0 aliphatic rings. The Kier molecular flexibility index (Phi) is 5.96. The first-order valence-electron chi connectivity index (χ1n) is 6.09. The Morgan fingerprint density at radius 3 is 2.68 bits per heavy atom. The van der Waals surface area contributed by atoms with Crippen molar-refractivity contribution < 1.29 is 13.5 Å². The zero-order valence-corrected chi connectivity index (χ0v) is 11.7. The van der Waals surface area contributed by atoms with E-state index in [1.807, 2.05) is 17.9 Å². The van der Waals surface area contributed by atoms with E-state index in [4.69, 9.17) is 10.4 Å². The molecule has 104 valence electrons. The number of aliphatic hydroxyl groups is 1. The molecule has 0 amide bonds. The van der Waals surface area contributed by atoms with Crippen LogP contribution in [0.2, 0.25) is 0 Å². The summed E-state index contributed by atoms with van der Waals surface area (Å²) in [6.45, 7) is 3.45. The van der Waals surface area contributed by atoms with Gasteiger partial charge in [-0.15, -0.1) is 0 Å². The Morgan fingerprint density at radius 1 is 1.37 bits per heavy atom. The standard InChI is InChI=1S/C13H18N2O3S/c1-2-15(6-8-16)7-9-19(17,18)13-5-3-4-12(10-13)11-14/h3-5,10,16H,2,6-9H2,1H3. The minimum Gasteiger partial charge on any atom is -0.395 e. The van der Waals surface area contributed by atoms with E-state index in [1.165, 1.54) is 12.1 Å². The normalized spacial score (nSPS) is 11.5. The van der Waals surface area contributed by atoms with E-state index >= 15 is 0 Å².